The number of rotatable bonds is 3. The smallest absolute Gasteiger partial charge is 0.312 e. The molecule has 3 nitrogen and oxygen atoms in total. The topological polar surface area (TPSA) is 35.5 Å². The fourth-order valence-electron chi connectivity index (χ4n) is 2.77. The van der Waals surface area contributed by atoms with Crippen molar-refractivity contribution in [1.29, 1.82) is 0 Å². The van der Waals surface area contributed by atoms with Crippen LogP contribution >= 0.6 is 22.6 Å². The first-order chi connectivity index (χ1) is 11.1. The minimum atomic E-state index is -0.385. The minimum absolute atomic E-state index is 0.269. The number of fused-ring (bicyclic) bond motifs is 1. The Hall–Kier alpha value is -1.82. The van der Waals surface area contributed by atoms with Crippen molar-refractivity contribution in [2.24, 2.45) is 5.92 Å². The standard InChI is InChI=1S/C19H17IO3/c1-12(19(21)22-2)17-15-11-7-6-10-14(15)16(20)18(23-17)13-8-4-3-5-9-13/h3-12,17H,1-2H3. The number of carbonyl (C=O) groups excluding carboxylic acids is 1. The fourth-order valence-corrected chi connectivity index (χ4v) is 3.70. The first-order valence-corrected chi connectivity index (χ1v) is 8.50. The molecule has 0 aliphatic carbocycles. The third-order valence-corrected chi connectivity index (χ3v) is 5.08. The highest BCUT2D eigenvalue weighted by atomic mass is 127. The fraction of sp³-hybridized carbons (Fsp3) is 0.211. The van der Waals surface area contributed by atoms with E-state index in [4.69, 9.17) is 9.47 Å². The van der Waals surface area contributed by atoms with E-state index in [2.05, 4.69) is 28.7 Å². The van der Waals surface area contributed by atoms with Crippen LogP contribution in [0.3, 0.4) is 0 Å². The summed E-state index contributed by atoms with van der Waals surface area (Å²) in [6.07, 6.45) is -0.354. The number of benzene rings is 2. The summed E-state index contributed by atoms with van der Waals surface area (Å²) in [7, 11) is 1.41. The summed E-state index contributed by atoms with van der Waals surface area (Å²) in [6.45, 7) is 1.84. The monoisotopic (exact) mass is 420 g/mol. The molecule has 0 saturated heterocycles. The summed E-state index contributed by atoms with van der Waals surface area (Å²) in [5.74, 6) is 0.157. The van der Waals surface area contributed by atoms with Gasteiger partial charge in [0.1, 0.15) is 11.9 Å². The number of ether oxygens (including phenoxy) is 2. The van der Waals surface area contributed by atoms with Crippen LogP contribution in [-0.2, 0) is 14.3 Å². The maximum Gasteiger partial charge on any atom is 0.312 e. The Kier molecular flexibility index (Phi) is 4.71. The van der Waals surface area contributed by atoms with Crippen LogP contribution < -0.4 is 0 Å². The molecule has 23 heavy (non-hydrogen) atoms. The van der Waals surface area contributed by atoms with Crippen molar-refractivity contribution in [3.8, 4) is 0 Å². The van der Waals surface area contributed by atoms with Crippen LogP contribution in [-0.4, -0.2) is 13.1 Å². The lowest BCUT2D eigenvalue weighted by Gasteiger charge is -2.32. The van der Waals surface area contributed by atoms with Gasteiger partial charge in [0.25, 0.3) is 0 Å². The highest BCUT2D eigenvalue weighted by Gasteiger charge is 2.35. The maximum absolute atomic E-state index is 12.0. The number of hydrogen-bond acceptors (Lipinski definition) is 3. The molecule has 2 atom stereocenters. The summed E-state index contributed by atoms with van der Waals surface area (Å²) in [4.78, 5) is 12.0. The predicted octanol–water partition coefficient (Wildman–Crippen LogP) is 4.83. The van der Waals surface area contributed by atoms with Crippen LogP contribution in [0.5, 0.6) is 0 Å². The van der Waals surface area contributed by atoms with Crippen molar-refractivity contribution in [2.45, 2.75) is 13.0 Å². The van der Waals surface area contributed by atoms with Crippen molar-refractivity contribution in [3.63, 3.8) is 0 Å². The first kappa shape index (κ1) is 16.1. The molecule has 1 aliphatic heterocycles. The number of carbonyl (C=O) groups is 1. The SMILES string of the molecule is COC(=O)C(C)C1OC(c2ccccc2)=C(I)c2ccccc21. The molecule has 1 heterocycles. The Balaban J connectivity index is 2.11. The van der Waals surface area contributed by atoms with E-state index in [1.807, 2.05) is 55.5 Å². The molecule has 0 radical (unpaired) electrons. The van der Waals surface area contributed by atoms with Crippen molar-refractivity contribution in [2.75, 3.05) is 7.11 Å². The first-order valence-electron chi connectivity index (χ1n) is 7.42. The molecule has 0 fully saturated rings. The van der Waals surface area contributed by atoms with Gasteiger partial charge in [-0.1, -0.05) is 54.6 Å². The Morgan fingerprint density at radius 1 is 1.13 bits per heavy atom. The van der Waals surface area contributed by atoms with Crippen LogP contribution in [0, 0.1) is 5.92 Å². The van der Waals surface area contributed by atoms with Gasteiger partial charge in [0, 0.05) is 11.1 Å². The van der Waals surface area contributed by atoms with Crippen molar-refractivity contribution < 1.29 is 14.3 Å². The molecule has 0 aromatic heterocycles. The van der Waals surface area contributed by atoms with Gasteiger partial charge in [-0.05, 0) is 35.1 Å². The molecule has 0 spiro atoms. The van der Waals surface area contributed by atoms with E-state index in [0.29, 0.717) is 0 Å². The predicted molar refractivity (Wildman–Crippen MR) is 98.7 cm³/mol. The summed E-state index contributed by atoms with van der Waals surface area (Å²) in [5.41, 5.74) is 3.14. The Bertz CT molecular complexity index is 752. The second kappa shape index (κ2) is 6.74. The van der Waals surface area contributed by atoms with Crippen LogP contribution in [0.15, 0.2) is 54.6 Å². The molecule has 1 aliphatic rings. The molecular formula is C19H17IO3. The summed E-state index contributed by atoms with van der Waals surface area (Å²) >= 11 is 2.31. The van der Waals surface area contributed by atoms with Gasteiger partial charge >= 0.3 is 5.97 Å². The highest BCUT2D eigenvalue weighted by molar-refractivity contribution is 14.1. The van der Waals surface area contributed by atoms with Gasteiger partial charge in [0.05, 0.1) is 16.6 Å². The van der Waals surface area contributed by atoms with Crippen LogP contribution in [0.4, 0.5) is 0 Å². The molecule has 118 valence electrons. The lowest BCUT2D eigenvalue weighted by Crippen LogP contribution is -2.25. The summed E-state index contributed by atoms with van der Waals surface area (Å²) in [6, 6.07) is 18.0. The van der Waals surface area contributed by atoms with Crippen molar-refractivity contribution in [1.82, 2.24) is 0 Å². The molecule has 0 saturated carbocycles. The van der Waals surface area contributed by atoms with E-state index >= 15 is 0 Å². The van der Waals surface area contributed by atoms with E-state index in [1.54, 1.807) is 0 Å². The zero-order valence-electron chi connectivity index (χ0n) is 13.0. The number of hydrogen-bond donors (Lipinski definition) is 0. The molecule has 2 aromatic rings. The van der Waals surface area contributed by atoms with Gasteiger partial charge in [0.2, 0.25) is 0 Å². The second-order valence-electron chi connectivity index (χ2n) is 5.45. The number of methoxy groups -OCH3 is 1. The number of halogens is 1. The van der Waals surface area contributed by atoms with Crippen LogP contribution in [0.25, 0.3) is 9.34 Å². The lowest BCUT2D eigenvalue weighted by atomic mass is 9.90. The summed E-state index contributed by atoms with van der Waals surface area (Å²) < 4.78 is 12.2. The van der Waals surface area contributed by atoms with Gasteiger partial charge in [0.15, 0.2) is 0 Å². The lowest BCUT2D eigenvalue weighted by molar-refractivity contribution is -0.148. The van der Waals surface area contributed by atoms with Gasteiger partial charge in [-0.25, -0.2) is 0 Å². The Morgan fingerprint density at radius 2 is 1.78 bits per heavy atom. The highest BCUT2D eigenvalue weighted by Crippen LogP contribution is 2.46. The summed E-state index contributed by atoms with van der Waals surface area (Å²) in [5, 5.41) is 0. The molecular weight excluding hydrogens is 403 g/mol. The van der Waals surface area contributed by atoms with Gasteiger partial charge in [-0.15, -0.1) is 0 Å². The quantitative estimate of drug-likeness (QED) is 0.527. The average Bonchev–Trinajstić information content (AvgIpc) is 2.62. The van der Waals surface area contributed by atoms with Crippen molar-refractivity contribution >= 4 is 37.9 Å². The molecule has 0 amide bonds. The Labute approximate surface area is 149 Å². The second-order valence-corrected chi connectivity index (χ2v) is 6.53. The molecule has 2 unspecified atom stereocenters. The van der Waals surface area contributed by atoms with E-state index in [1.165, 1.54) is 7.11 Å². The average molecular weight is 420 g/mol. The normalized spacial score (nSPS) is 18.0. The molecule has 0 bridgehead atoms. The third kappa shape index (κ3) is 3.00. The van der Waals surface area contributed by atoms with E-state index in [0.717, 1.165) is 26.0 Å². The van der Waals surface area contributed by atoms with Crippen LogP contribution in [0.1, 0.15) is 29.7 Å². The molecule has 0 N–H and O–H groups in total. The maximum atomic E-state index is 12.0. The van der Waals surface area contributed by atoms with Crippen molar-refractivity contribution in [3.05, 3.63) is 71.3 Å². The van der Waals surface area contributed by atoms with Gasteiger partial charge in [-0.2, -0.15) is 0 Å². The molecule has 4 heteroatoms. The van der Waals surface area contributed by atoms with Gasteiger partial charge < -0.3 is 9.47 Å². The van der Waals surface area contributed by atoms with Crippen LogP contribution in [0.2, 0.25) is 0 Å². The molecule has 3 rings (SSSR count). The largest absolute Gasteiger partial charge is 0.483 e. The van der Waals surface area contributed by atoms with E-state index in [9.17, 15) is 4.79 Å². The van der Waals surface area contributed by atoms with Gasteiger partial charge in [-0.3, -0.25) is 4.79 Å². The van der Waals surface area contributed by atoms with E-state index < -0.39 is 0 Å². The molecule has 2 aromatic carbocycles. The minimum Gasteiger partial charge on any atom is -0.483 e. The third-order valence-electron chi connectivity index (χ3n) is 4.01. The number of esters is 1. The Morgan fingerprint density at radius 3 is 2.48 bits per heavy atom. The zero-order valence-corrected chi connectivity index (χ0v) is 15.1. The zero-order chi connectivity index (χ0) is 16.4. The van der Waals surface area contributed by atoms with E-state index in [-0.39, 0.29) is 18.0 Å².